The van der Waals surface area contributed by atoms with Crippen LogP contribution in [0.5, 0.6) is 0 Å². The number of hydrogen-bond donors (Lipinski definition) is 1. The molecule has 3 amide bonds. The Morgan fingerprint density at radius 3 is 2.52 bits per heavy atom. The van der Waals surface area contributed by atoms with Gasteiger partial charge >= 0.3 is 0 Å². The summed E-state index contributed by atoms with van der Waals surface area (Å²) < 4.78 is 0. The zero-order valence-electron chi connectivity index (χ0n) is 14.7. The number of nitrogens with zero attached hydrogens (tertiary/aromatic N) is 2. The molecule has 25 heavy (non-hydrogen) atoms. The number of hydrogen-bond acceptors (Lipinski definition) is 3. The van der Waals surface area contributed by atoms with E-state index in [1.165, 1.54) is 0 Å². The average molecular weight is 343 g/mol. The third-order valence-electron chi connectivity index (χ3n) is 4.91. The summed E-state index contributed by atoms with van der Waals surface area (Å²) in [4.78, 5) is 39.9. The Labute approximate surface area is 148 Å². The lowest BCUT2D eigenvalue weighted by Gasteiger charge is -2.35. The summed E-state index contributed by atoms with van der Waals surface area (Å²) in [5, 5.41) is 2.83. The minimum Gasteiger partial charge on any atom is -0.339 e. The maximum Gasteiger partial charge on any atom is 0.253 e. The minimum atomic E-state index is 0.000331. The van der Waals surface area contributed by atoms with Crippen molar-refractivity contribution in [3.63, 3.8) is 0 Å². The second-order valence-electron chi connectivity index (χ2n) is 6.70. The van der Waals surface area contributed by atoms with E-state index in [9.17, 15) is 14.4 Å². The molecule has 0 radical (unpaired) electrons. The van der Waals surface area contributed by atoms with Crippen LogP contribution in [0.4, 0.5) is 5.69 Å². The molecular weight excluding hydrogens is 318 g/mol. The van der Waals surface area contributed by atoms with Gasteiger partial charge < -0.3 is 15.1 Å². The van der Waals surface area contributed by atoms with Gasteiger partial charge in [-0.3, -0.25) is 14.4 Å². The standard InChI is InChI=1S/C19H25N3O3/c1-2-3-4-18(24)21-9-11-22(12-10-21)19(25)15-5-7-16-14(13-15)6-8-17(23)20-16/h5,7,13H,2-4,6,8-12H2,1H3,(H,20,23). The molecule has 0 bridgehead atoms. The Bertz CT molecular complexity index is 678. The maximum absolute atomic E-state index is 12.7. The fraction of sp³-hybridized carbons (Fsp3) is 0.526. The van der Waals surface area contributed by atoms with E-state index < -0.39 is 0 Å². The topological polar surface area (TPSA) is 69.7 Å². The fourth-order valence-electron chi connectivity index (χ4n) is 3.34. The lowest BCUT2D eigenvalue weighted by Crippen LogP contribution is -2.50. The molecule has 2 aliphatic rings. The zero-order valence-corrected chi connectivity index (χ0v) is 14.7. The molecule has 1 aromatic rings. The monoisotopic (exact) mass is 343 g/mol. The molecule has 0 unspecified atom stereocenters. The minimum absolute atomic E-state index is 0.000331. The summed E-state index contributed by atoms with van der Waals surface area (Å²) in [5.74, 6) is 0.217. The van der Waals surface area contributed by atoms with E-state index in [-0.39, 0.29) is 17.7 Å². The molecule has 6 heteroatoms. The van der Waals surface area contributed by atoms with Gasteiger partial charge in [-0.05, 0) is 36.6 Å². The second-order valence-corrected chi connectivity index (χ2v) is 6.70. The van der Waals surface area contributed by atoms with Gasteiger partial charge in [-0.15, -0.1) is 0 Å². The van der Waals surface area contributed by atoms with Gasteiger partial charge in [0.25, 0.3) is 5.91 Å². The van der Waals surface area contributed by atoms with Gasteiger partial charge in [0.1, 0.15) is 0 Å². The fourth-order valence-corrected chi connectivity index (χ4v) is 3.34. The van der Waals surface area contributed by atoms with Crippen molar-refractivity contribution in [1.82, 2.24) is 9.80 Å². The van der Waals surface area contributed by atoms with Gasteiger partial charge in [0.05, 0.1) is 0 Å². The van der Waals surface area contributed by atoms with Crippen LogP contribution in [-0.4, -0.2) is 53.7 Å². The molecule has 1 N–H and O–H groups in total. The number of nitrogens with one attached hydrogen (secondary N) is 1. The van der Waals surface area contributed by atoms with Crippen molar-refractivity contribution in [2.45, 2.75) is 39.0 Å². The van der Waals surface area contributed by atoms with E-state index in [1.807, 2.05) is 21.9 Å². The van der Waals surface area contributed by atoms with Crippen molar-refractivity contribution in [3.05, 3.63) is 29.3 Å². The first-order valence-electron chi connectivity index (χ1n) is 9.08. The van der Waals surface area contributed by atoms with Gasteiger partial charge in [-0.25, -0.2) is 0 Å². The molecule has 1 saturated heterocycles. The van der Waals surface area contributed by atoms with E-state index in [1.54, 1.807) is 6.07 Å². The molecule has 6 nitrogen and oxygen atoms in total. The van der Waals surface area contributed by atoms with Crippen LogP contribution in [0.25, 0.3) is 0 Å². The van der Waals surface area contributed by atoms with Crippen LogP contribution in [-0.2, 0) is 16.0 Å². The van der Waals surface area contributed by atoms with Crippen molar-refractivity contribution < 1.29 is 14.4 Å². The predicted molar refractivity (Wildman–Crippen MR) is 95.4 cm³/mol. The summed E-state index contributed by atoms with van der Waals surface area (Å²) in [7, 11) is 0. The number of carbonyl (C=O) groups is 3. The first kappa shape index (κ1) is 17.5. The first-order chi connectivity index (χ1) is 12.1. The van der Waals surface area contributed by atoms with E-state index in [0.29, 0.717) is 51.0 Å². The molecule has 3 rings (SSSR count). The number of benzene rings is 1. The van der Waals surface area contributed by atoms with Gasteiger partial charge in [0, 0.05) is 50.3 Å². The highest BCUT2D eigenvalue weighted by Crippen LogP contribution is 2.24. The van der Waals surface area contributed by atoms with Crippen molar-refractivity contribution in [3.8, 4) is 0 Å². The van der Waals surface area contributed by atoms with Crippen LogP contribution < -0.4 is 5.32 Å². The van der Waals surface area contributed by atoms with E-state index in [4.69, 9.17) is 0 Å². The van der Waals surface area contributed by atoms with Crippen LogP contribution in [0.15, 0.2) is 18.2 Å². The lowest BCUT2D eigenvalue weighted by atomic mass is 10.00. The van der Waals surface area contributed by atoms with E-state index in [2.05, 4.69) is 12.2 Å². The molecular formula is C19H25N3O3. The average Bonchev–Trinajstić information content (AvgIpc) is 2.65. The molecule has 2 aliphatic heterocycles. The molecule has 134 valence electrons. The first-order valence-corrected chi connectivity index (χ1v) is 9.08. The molecule has 1 aromatic carbocycles. The Kier molecular flexibility index (Phi) is 5.36. The smallest absolute Gasteiger partial charge is 0.253 e. The van der Waals surface area contributed by atoms with Crippen LogP contribution >= 0.6 is 0 Å². The Morgan fingerprint density at radius 1 is 1.08 bits per heavy atom. The van der Waals surface area contributed by atoms with Crippen LogP contribution in [0.3, 0.4) is 0 Å². The second kappa shape index (κ2) is 7.68. The van der Waals surface area contributed by atoms with E-state index in [0.717, 1.165) is 24.1 Å². The van der Waals surface area contributed by atoms with Crippen molar-refractivity contribution >= 4 is 23.4 Å². The highest BCUT2D eigenvalue weighted by atomic mass is 16.2. The van der Waals surface area contributed by atoms with Gasteiger partial charge in [0.2, 0.25) is 11.8 Å². The molecule has 0 atom stereocenters. The number of carbonyl (C=O) groups excluding carboxylic acids is 3. The Morgan fingerprint density at radius 2 is 1.80 bits per heavy atom. The van der Waals surface area contributed by atoms with Crippen molar-refractivity contribution in [2.24, 2.45) is 0 Å². The quantitative estimate of drug-likeness (QED) is 0.910. The molecule has 0 saturated carbocycles. The number of unbranched alkanes of at least 4 members (excludes halogenated alkanes) is 1. The Balaban J connectivity index is 1.59. The Hall–Kier alpha value is -2.37. The summed E-state index contributed by atoms with van der Waals surface area (Å²) >= 11 is 0. The highest BCUT2D eigenvalue weighted by Gasteiger charge is 2.25. The number of fused-ring (bicyclic) bond motifs is 1. The highest BCUT2D eigenvalue weighted by molar-refractivity contribution is 5.98. The number of amides is 3. The van der Waals surface area contributed by atoms with Gasteiger partial charge in [-0.2, -0.15) is 0 Å². The van der Waals surface area contributed by atoms with Crippen LogP contribution in [0.2, 0.25) is 0 Å². The molecule has 0 aliphatic carbocycles. The molecule has 0 aromatic heterocycles. The SMILES string of the molecule is CCCCC(=O)N1CCN(C(=O)c2ccc3c(c2)CCC(=O)N3)CC1. The predicted octanol–water partition coefficient (Wildman–Crippen LogP) is 2.05. The molecule has 2 heterocycles. The number of anilines is 1. The van der Waals surface area contributed by atoms with Crippen molar-refractivity contribution in [2.75, 3.05) is 31.5 Å². The van der Waals surface area contributed by atoms with Gasteiger partial charge in [-0.1, -0.05) is 13.3 Å². The summed E-state index contributed by atoms with van der Waals surface area (Å²) in [5.41, 5.74) is 2.47. The molecule has 1 fully saturated rings. The van der Waals surface area contributed by atoms with Crippen LogP contribution in [0.1, 0.15) is 48.5 Å². The molecule has 0 spiro atoms. The van der Waals surface area contributed by atoms with Crippen LogP contribution in [0, 0.1) is 0 Å². The maximum atomic E-state index is 12.7. The lowest BCUT2D eigenvalue weighted by molar-refractivity contribution is -0.132. The number of rotatable bonds is 4. The number of aryl methyl sites for hydroxylation is 1. The number of piperazine rings is 1. The summed E-state index contributed by atoms with van der Waals surface area (Å²) in [6, 6.07) is 5.46. The van der Waals surface area contributed by atoms with Crippen molar-refractivity contribution in [1.29, 1.82) is 0 Å². The third-order valence-corrected chi connectivity index (χ3v) is 4.91. The zero-order chi connectivity index (χ0) is 17.8. The van der Waals surface area contributed by atoms with Gasteiger partial charge in [0.15, 0.2) is 0 Å². The summed E-state index contributed by atoms with van der Waals surface area (Å²) in [6.45, 7) is 4.44. The largest absolute Gasteiger partial charge is 0.339 e. The third kappa shape index (κ3) is 4.00. The summed E-state index contributed by atoms with van der Waals surface area (Å²) in [6.07, 6.45) is 3.67. The normalized spacial score (nSPS) is 17.1. The van der Waals surface area contributed by atoms with E-state index >= 15 is 0 Å².